The van der Waals surface area contributed by atoms with Gasteiger partial charge in [0, 0.05) is 17.5 Å². The number of aromatic nitrogens is 2. The fraction of sp³-hybridized carbons (Fsp3) is 0.375. The van der Waals surface area contributed by atoms with Crippen molar-refractivity contribution in [3.8, 4) is 0 Å². The lowest BCUT2D eigenvalue weighted by Crippen LogP contribution is -2.31. The van der Waals surface area contributed by atoms with Crippen LogP contribution in [0.5, 0.6) is 0 Å². The van der Waals surface area contributed by atoms with Gasteiger partial charge in [0.05, 0.1) is 13.2 Å². The number of hydrogen-bond acceptors (Lipinski definition) is 10. The van der Waals surface area contributed by atoms with E-state index in [9.17, 15) is 19.1 Å². The Labute approximate surface area is 183 Å². The fourth-order valence-corrected chi connectivity index (χ4v) is 4.87. The number of nitrogens with two attached hydrogens (primary N) is 1. The minimum absolute atomic E-state index is 0.0823. The molecule has 0 aliphatic carbocycles. The van der Waals surface area contributed by atoms with Gasteiger partial charge in [-0.25, -0.2) is 19.1 Å². The molecule has 6 N–H and O–H groups in total. The number of anilines is 1. The Morgan fingerprint density at radius 2 is 1.97 bits per heavy atom. The maximum Gasteiger partial charge on any atom is 0.481 e. The summed E-state index contributed by atoms with van der Waals surface area (Å²) in [7, 11) is -10.1. The summed E-state index contributed by atoms with van der Waals surface area (Å²) in [5, 5.41) is 12.3. The zero-order chi connectivity index (χ0) is 23.2. The number of hydrogen-bond donors (Lipinski definition) is 5. The van der Waals surface area contributed by atoms with Gasteiger partial charge in [-0.3, -0.25) is 4.52 Å². The summed E-state index contributed by atoms with van der Waals surface area (Å²) in [5.41, 5.74) is 6.85. The maximum atomic E-state index is 11.6. The van der Waals surface area contributed by atoms with E-state index in [2.05, 4.69) is 18.8 Å². The Balaban J connectivity index is 2.24. The van der Waals surface area contributed by atoms with Gasteiger partial charge >= 0.3 is 15.6 Å². The smallest absolute Gasteiger partial charge is 0.383 e. The average Bonchev–Trinajstić information content (AvgIpc) is 2.68. The molecule has 15 heteroatoms. The van der Waals surface area contributed by atoms with E-state index in [0.717, 1.165) is 11.8 Å². The third kappa shape index (κ3) is 8.49. The van der Waals surface area contributed by atoms with Crippen LogP contribution in [0.3, 0.4) is 0 Å². The molecule has 1 aromatic rings. The quantitative estimate of drug-likeness (QED) is 0.331. The van der Waals surface area contributed by atoms with E-state index < -0.39 is 21.2 Å². The minimum atomic E-state index is -5.20. The van der Waals surface area contributed by atoms with Gasteiger partial charge in [0.25, 0.3) is 0 Å². The summed E-state index contributed by atoms with van der Waals surface area (Å²) in [4.78, 5) is 36.7. The van der Waals surface area contributed by atoms with Crippen LogP contribution in [0.1, 0.15) is 24.7 Å². The van der Waals surface area contributed by atoms with Gasteiger partial charge in [-0.15, -0.1) is 0 Å². The van der Waals surface area contributed by atoms with Crippen molar-refractivity contribution < 1.29 is 37.8 Å². The van der Waals surface area contributed by atoms with Gasteiger partial charge in [0.1, 0.15) is 11.6 Å². The highest BCUT2D eigenvalue weighted by Gasteiger charge is 2.32. The van der Waals surface area contributed by atoms with Crippen molar-refractivity contribution >= 4 is 33.2 Å². The molecule has 0 amide bonds. The van der Waals surface area contributed by atoms with Gasteiger partial charge in [-0.05, 0) is 31.2 Å². The highest BCUT2D eigenvalue weighted by molar-refractivity contribution is 8.02. The monoisotopic (exact) mass is 494 g/mol. The van der Waals surface area contributed by atoms with Gasteiger partial charge in [-0.2, -0.15) is 4.31 Å². The molecule has 0 radical (unpaired) electrons. The highest BCUT2D eigenvalue weighted by atomic mass is 32.2. The molecule has 0 aromatic carbocycles. The van der Waals surface area contributed by atoms with Crippen LogP contribution in [-0.2, 0) is 24.5 Å². The maximum absolute atomic E-state index is 11.6. The Hall–Kier alpha value is -1.53. The molecule has 2 atom stereocenters. The molecule has 0 bridgehead atoms. The molecule has 0 saturated carbocycles. The largest absolute Gasteiger partial charge is 0.481 e. The lowest BCUT2D eigenvalue weighted by Gasteiger charge is -2.31. The third-order valence-corrected chi connectivity index (χ3v) is 7.04. The number of aliphatic hydroxyl groups is 1. The number of allylic oxidation sites excluding steroid dienone is 4. The number of nitrogen functional groups attached to an aromatic ring is 1. The number of phosphoric ester groups is 1. The first-order valence-corrected chi connectivity index (χ1v) is 12.8. The summed E-state index contributed by atoms with van der Waals surface area (Å²) in [6, 6.07) is 0. The predicted molar refractivity (Wildman–Crippen MR) is 115 cm³/mol. The number of nitrogens with zero attached hydrogens (tertiary/aromatic N) is 3. The second kappa shape index (κ2) is 10.9. The molecular formula is C16H24N4O8P2S. The van der Waals surface area contributed by atoms with E-state index >= 15 is 0 Å². The molecule has 31 heavy (non-hydrogen) atoms. The first-order chi connectivity index (χ1) is 14.4. The van der Waals surface area contributed by atoms with Crippen LogP contribution in [0.2, 0.25) is 0 Å². The van der Waals surface area contributed by atoms with Crippen LogP contribution in [0.4, 0.5) is 5.82 Å². The summed E-state index contributed by atoms with van der Waals surface area (Å²) >= 11 is 1.15. The molecule has 172 valence electrons. The lowest BCUT2D eigenvalue weighted by atomic mass is 10.1. The van der Waals surface area contributed by atoms with E-state index in [-0.39, 0.29) is 25.4 Å². The molecule has 1 aromatic heterocycles. The molecule has 2 rings (SSSR count). The van der Waals surface area contributed by atoms with E-state index in [1.165, 1.54) is 0 Å². The van der Waals surface area contributed by atoms with Crippen molar-refractivity contribution in [2.45, 2.75) is 32.4 Å². The first-order valence-electron chi connectivity index (χ1n) is 8.83. The minimum Gasteiger partial charge on any atom is -0.383 e. The second-order valence-corrected chi connectivity index (χ2v) is 10.1. The number of phosphoric acid groups is 2. The molecule has 1 aliphatic rings. The molecule has 0 spiro atoms. The Morgan fingerprint density at radius 1 is 1.26 bits per heavy atom. The van der Waals surface area contributed by atoms with E-state index in [1.807, 2.05) is 0 Å². The number of rotatable bonds is 8. The van der Waals surface area contributed by atoms with Crippen molar-refractivity contribution in [1.29, 1.82) is 0 Å². The van der Waals surface area contributed by atoms with Gasteiger partial charge in [0.2, 0.25) is 0 Å². The summed E-state index contributed by atoms with van der Waals surface area (Å²) in [6.07, 6.45) is 6.81. The molecule has 1 unspecified atom stereocenters. The zero-order valence-corrected chi connectivity index (χ0v) is 19.3. The van der Waals surface area contributed by atoms with Crippen molar-refractivity contribution in [3.63, 3.8) is 0 Å². The molecule has 0 fully saturated rings. The third-order valence-electron chi connectivity index (χ3n) is 4.04. The Bertz CT molecular complexity index is 980. The van der Waals surface area contributed by atoms with Gasteiger partial charge in [0.15, 0.2) is 5.56 Å². The topological polar surface area (TPSA) is 189 Å². The summed E-state index contributed by atoms with van der Waals surface area (Å²) in [5.74, 6) is 0.798. The SMILES string of the molecule is C/C1=C(CCOP(=O)(O)OP(=O)(O)O)/C=C\C=C/S[C@@H](O)N1Cc1cnc(C)nc1N. The standard InChI is InChI=1S/C16H24N4O8P2S/c1-11-13(6-7-27-30(25,26)28-29(22,23)24)5-3-4-8-31-16(21)20(11)10-14-9-18-12(2)19-15(14)17/h3-5,8-9,16,21H,6-7,10H2,1-2H3,(H,25,26)(H2,17,18,19)(H2,22,23,24)/b5-3-,8-4-,13-11+/t16-/m1/s1. The van der Waals surface area contributed by atoms with Crippen molar-refractivity contribution in [3.05, 3.63) is 52.5 Å². The van der Waals surface area contributed by atoms with Crippen LogP contribution >= 0.6 is 27.4 Å². The van der Waals surface area contributed by atoms with Crippen LogP contribution < -0.4 is 5.73 Å². The summed E-state index contributed by atoms with van der Waals surface area (Å²) < 4.78 is 30.8. The first kappa shape index (κ1) is 25.7. The normalized spacial score (nSPS) is 24.1. The molecule has 0 saturated heterocycles. The molecule has 12 nitrogen and oxygen atoms in total. The molecule has 1 aliphatic heterocycles. The van der Waals surface area contributed by atoms with Crippen LogP contribution in [0.25, 0.3) is 0 Å². The second-order valence-electron chi connectivity index (χ2n) is 6.34. The van der Waals surface area contributed by atoms with Gasteiger partial charge in [-0.1, -0.05) is 30.0 Å². The average molecular weight is 494 g/mol. The van der Waals surface area contributed by atoms with Crippen LogP contribution in [0, 0.1) is 6.92 Å². The number of thioether (sulfide) groups is 1. The van der Waals surface area contributed by atoms with Gasteiger partial charge < -0.3 is 30.4 Å². The lowest BCUT2D eigenvalue weighted by molar-refractivity contribution is 0.0989. The summed E-state index contributed by atoms with van der Waals surface area (Å²) in [6.45, 7) is 3.27. The Morgan fingerprint density at radius 3 is 2.61 bits per heavy atom. The van der Waals surface area contributed by atoms with E-state index in [0.29, 0.717) is 22.7 Å². The predicted octanol–water partition coefficient (Wildman–Crippen LogP) is 2.15. The number of aliphatic hydroxyl groups excluding tert-OH is 1. The van der Waals surface area contributed by atoms with Crippen molar-refractivity contribution in [2.75, 3.05) is 12.3 Å². The van der Waals surface area contributed by atoms with Crippen LogP contribution in [-0.4, -0.2) is 46.8 Å². The van der Waals surface area contributed by atoms with E-state index in [4.69, 9.17) is 15.5 Å². The zero-order valence-electron chi connectivity index (χ0n) is 16.7. The van der Waals surface area contributed by atoms with Crippen LogP contribution in [0.15, 0.2) is 41.1 Å². The molecule has 2 heterocycles. The Kier molecular flexibility index (Phi) is 9.02. The van der Waals surface area contributed by atoms with Crippen molar-refractivity contribution in [2.24, 2.45) is 0 Å². The van der Waals surface area contributed by atoms with Crippen molar-refractivity contribution in [1.82, 2.24) is 14.9 Å². The molecular weight excluding hydrogens is 470 g/mol. The van der Waals surface area contributed by atoms with E-state index in [1.54, 1.807) is 48.6 Å². The number of aryl methyl sites for hydroxylation is 1. The fourth-order valence-electron chi connectivity index (χ4n) is 2.58. The highest BCUT2D eigenvalue weighted by Crippen LogP contribution is 2.57.